The van der Waals surface area contributed by atoms with E-state index in [9.17, 15) is 4.79 Å². The van der Waals surface area contributed by atoms with Gasteiger partial charge in [-0.25, -0.2) is 0 Å². The number of aliphatic carboxylic acids is 1. The molecule has 31 heavy (non-hydrogen) atoms. The highest BCUT2D eigenvalue weighted by Crippen LogP contribution is 2.41. The lowest BCUT2D eigenvalue weighted by molar-refractivity contribution is -0.139. The lowest BCUT2D eigenvalue weighted by atomic mass is 9.74. The van der Waals surface area contributed by atoms with E-state index in [1.807, 2.05) is 18.2 Å². The highest BCUT2D eigenvalue weighted by molar-refractivity contribution is 5.73. The summed E-state index contributed by atoms with van der Waals surface area (Å²) in [6, 6.07) is 18.8. The molecule has 1 saturated carbocycles. The highest BCUT2D eigenvalue weighted by atomic mass is 16.5. The molecule has 166 valence electrons. The number of ether oxygens (including phenoxy) is 1. The van der Waals surface area contributed by atoms with Crippen LogP contribution in [0, 0.1) is 0 Å². The van der Waals surface area contributed by atoms with Crippen molar-refractivity contribution in [3.8, 4) is 5.75 Å². The molecule has 1 aliphatic heterocycles. The van der Waals surface area contributed by atoms with Gasteiger partial charge in [-0.2, -0.15) is 0 Å². The maximum absolute atomic E-state index is 11.1. The highest BCUT2D eigenvalue weighted by Gasteiger charge is 2.38. The number of nitrogens with one attached hydrogen (secondary N) is 2. The van der Waals surface area contributed by atoms with Crippen molar-refractivity contribution in [3.05, 3.63) is 60.2 Å². The Morgan fingerprint density at radius 2 is 1.87 bits per heavy atom. The third kappa shape index (κ3) is 4.86. The summed E-state index contributed by atoms with van der Waals surface area (Å²) < 4.78 is 6.04. The number of carbonyl (C=O) groups is 1. The van der Waals surface area contributed by atoms with Gasteiger partial charge in [0.1, 0.15) is 17.9 Å². The topological polar surface area (TPSA) is 73.8 Å². The molecule has 2 atom stereocenters. The molecular weight excluding hydrogens is 390 g/mol. The SMILES string of the molecule is CN(C)C1(c2ccccc2)CCC(Nc2cccc(O[C@@H]3CN[C@H](C(=O)O)C3)c2)CC1. The summed E-state index contributed by atoms with van der Waals surface area (Å²) in [7, 11) is 4.38. The van der Waals surface area contributed by atoms with Crippen LogP contribution in [-0.2, 0) is 10.3 Å². The van der Waals surface area contributed by atoms with E-state index in [-0.39, 0.29) is 11.6 Å². The molecule has 4 rings (SSSR count). The minimum Gasteiger partial charge on any atom is -0.489 e. The Labute approximate surface area is 184 Å². The number of hydrogen-bond donors (Lipinski definition) is 3. The fraction of sp³-hybridized carbons (Fsp3) is 0.480. The number of rotatable bonds is 7. The molecule has 0 aromatic heterocycles. The number of carboxylic acids is 1. The van der Waals surface area contributed by atoms with E-state index >= 15 is 0 Å². The lowest BCUT2D eigenvalue weighted by Crippen LogP contribution is -2.46. The number of hydrogen-bond acceptors (Lipinski definition) is 5. The number of benzene rings is 2. The molecular formula is C25H33N3O3. The number of anilines is 1. The Balaban J connectivity index is 1.36. The van der Waals surface area contributed by atoms with Crippen LogP contribution in [0.4, 0.5) is 5.69 Å². The van der Waals surface area contributed by atoms with Gasteiger partial charge >= 0.3 is 5.97 Å². The van der Waals surface area contributed by atoms with Gasteiger partial charge in [0.15, 0.2) is 0 Å². The first-order chi connectivity index (χ1) is 15.0. The van der Waals surface area contributed by atoms with E-state index in [0.717, 1.165) is 37.1 Å². The van der Waals surface area contributed by atoms with Crippen molar-refractivity contribution < 1.29 is 14.6 Å². The monoisotopic (exact) mass is 423 g/mol. The van der Waals surface area contributed by atoms with Gasteiger partial charge in [0.2, 0.25) is 0 Å². The van der Waals surface area contributed by atoms with E-state index in [2.05, 4.69) is 66.0 Å². The molecule has 0 spiro atoms. The second kappa shape index (κ2) is 9.28. The van der Waals surface area contributed by atoms with Crippen molar-refractivity contribution in [1.82, 2.24) is 10.2 Å². The van der Waals surface area contributed by atoms with Crippen molar-refractivity contribution >= 4 is 11.7 Å². The molecule has 0 bridgehead atoms. The molecule has 0 amide bonds. The van der Waals surface area contributed by atoms with E-state index in [0.29, 0.717) is 19.0 Å². The zero-order valence-electron chi connectivity index (χ0n) is 18.4. The van der Waals surface area contributed by atoms with Crippen molar-refractivity contribution in [1.29, 1.82) is 0 Å². The fourth-order valence-electron chi connectivity index (χ4n) is 5.05. The van der Waals surface area contributed by atoms with Crippen molar-refractivity contribution in [3.63, 3.8) is 0 Å². The molecule has 2 fully saturated rings. The fourth-order valence-corrected chi connectivity index (χ4v) is 5.05. The van der Waals surface area contributed by atoms with Crippen LogP contribution in [0.2, 0.25) is 0 Å². The predicted molar refractivity (Wildman–Crippen MR) is 123 cm³/mol. The molecule has 6 nitrogen and oxygen atoms in total. The van der Waals surface area contributed by atoms with Crippen molar-refractivity contribution in [2.75, 3.05) is 26.0 Å². The van der Waals surface area contributed by atoms with Gasteiger partial charge in [-0.3, -0.25) is 9.69 Å². The second-order valence-corrected chi connectivity index (χ2v) is 9.01. The van der Waals surface area contributed by atoms with Crippen LogP contribution in [0.1, 0.15) is 37.7 Å². The second-order valence-electron chi connectivity index (χ2n) is 9.01. The van der Waals surface area contributed by atoms with Crippen LogP contribution in [-0.4, -0.2) is 54.8 Å². The van der Waals surface area contributed by atoms with Crippen LogP contribution >= 0.6 is 0 Å². The molecule has 2 aliphatic rings. The number of carboxylic acid groups (broad SMARTS) is 1. The molecule has 1 heterocycles. The summed E-state index contributed by atoms with van der Waals surface area (Å²) >= 11 is 0. The van der Waals surface area contributed by atoms with Crippen LogP contribution in [0.25, 0.3) is 0 Å². The van der Waals surface area contributed by atoms with Crippen LogP contribution in [0.5, 0.6) is 5.75 Å². The van der Waals surface area contributed by atoms with E-state index in [1.54, 1.807) is 0 Å². The minimum absolute atomic E-state index is 0.0978. The first-order valence-corrected chi connectivity index (χ1v) is 11.2. The van der Waals surface area contributed by atoms with Gasteiger partial charge in [0, 0.05) is 36.3 Å². The normalized spacial score (nSPS) is 28.4. The Kier molecular flexibility index (Phi) is 6.49. The first kappa shape index (κ1) is 21.7. The molecule has 2 aromatic carbocycles. The Hall–Kier alpha value is -2.57. The third-order valence-corrected chi connectivity index (χ3v) is 6.88. The van der Waals surface area contributed by atoms with E-state index in [4.69, 9.17) is 9.84 Å². The summed E-state index contributed by atoms with van der Waals surface area (Å²) in [5.74, 6) is -0.0336. The Morgan fingerprint density at radius 3 is 2.52 bits per heavy atom. The van der Waals surface area contributed by atoms with E-state index in [1.165, 1.54) is 5.56 Å². The summed E-state index contributed by atoms with van der Waals surface area (Å²) in [4.78, 5) is 13.5. The smallest absolute Gasteiger partial charge is 0.320 e. The van der Waals surface area contributed by atoms with E-state index < -0.39 is 12.0 Å². The molecule has 6 heteroatoms. The largest absolute Gasteiger partial charge is 0.489 e. The average Bonchev–Trinajstić information content (AvgIpc) is 3.24. The first-order valence-electron chi connectivity index (χ1n) is 11.2. The molecule has 0 radical (unpaired) electrons. The standard InChI is InChI=1S/C25H33N3O3/c1-28(2)25(18-7-4-3-5-8-18)13-11-19(12-14-25)27-20-9-6-10-21(15-20)31-22-16-23(24(29)30)26-17-22/h3-10,15,19,22-23,26-27H,11-14,16-17H2,1-2H3,(H,29,30)/t19?,22-,23-,25?/m0/s1. The van der Waals surface area contributed by atoms with Crippen molar-refractivity contribution in [2.45, 2.75) is 55.8 Å². The lowest BCUT2D eigenvalue weighted by Gasteiger charge is -2.46. The predicted octanol–water partition coefficient (Wildman–Crippen LogP) is 3.69. The zero-order valence-corrected chi connectivity index (χ0v) is 18.4. The molecule has 2 aromatic rings. The zero-order chi connectivity index (χ0) is 21.8. The third-order valence-electron chi connectivity index (χ3n) is 6.88. The van der Waals surface area contributed by atoms with Gasteiger partial charge in [-0.15, -0.1) is 0 Å². The Bertz CT molecular complexity index is 879. The Morgan fingerprint density at radius 1 is 1.13 bits per heavy atom. The molecule has 3 N–H and O–H groups in total. The van der Waals surface area contributed by atoms with Crippen LogP contribution < -0.4 is 15.4 Å². The van der Waals surface area contributed by atoms with Crippen molar-refractivity contribution in [2.24, 2.45) is 0 Å². The minimum atomic E-state index is -0.817. The van der Waals surface area contributed by atoms with Crippen LogP contribution in [0.3, 0.4) is 0 Å². The quantitative estimate of drug-likeness (QED) is 0.631. The summed E-state index contributed by atoms with van der Waals surface area (Å²) in [5, 5.41) is 15.8. The van der Waals surface area contributed by atoms with Gasteiger partial charge in [-0.1, -0.05) is 36.4 Å². The summed E-state index contributed by atoms with van der Waals surface area (Å²) in [6.07, 6.45) is 4.81. The van der Waals surface area contributed by atoms with Gasteiger partial charge in [0.05, 0.1) is 0 Å². The average molecular weight is 424 g/mol. The molecule has 1 saturated heterocycles. The van der Waals surface area contributed by atoms with Gasteiger partial charge in [-0.05, 0) is 57.5 Å². The van der Waals surface area contributed by atoms with Crippen LogP contribution in [0.15, 0.2) is 54.6 Å². The maximum atomic E-state index is 11.1. The van der Waals surface area contributed by atoms with Gasteiger partial charge < -0.3 is 20.5 Å². The summed E-state index contributed by atoms with van der Waals surface area (Å²) in [5.41, 5.74) is 2.56. The molecule has 0 unspecified atom stereocenters. The maximum Gasteiger partial charge on any atom is 0.320 e. The summed E-state index contributed by atoms with van der Waals surface area (Å²) in [6.45, 7) is 0.559. The van der Waals surface area contributed by atoms with Gasteiger partial charge in [0.25, 0.3) is 0 Å². The molecule has 1 aliphatic carbocycles. The number of nitrogens with zero attached hydrogens (tertiary/aromatic N) is 1.